The van der Waals surface area contributed by atoms with Crippen molar-refractivity contribution in [2.24, 2.45) is 11.7 Å². The molecule has 1 aliphatic carbocycles. The summed E-state index contributed by atoms with van der Waals surface area (Å²) in [4.78, 5) is 14.1. The highest BCUT2D eigenvalue weighted by Crippen LogP contribution is 2.25. The van der Waals surface area contributed by atoms with Crippen LogP contribution >= 0.6 is 0 Å². The van der Waals surface area contributed by atoms with E-state index in [9.17, 15) is 4.79 Å². The lowest BCUT2D eigenvalue weighted by Crippen LogP contribution is -2.46. The first-order valence-electron chi connectivity index (χ1n) is 6.80. The third-order valence-corrected chi connectivity index (χ3v) is 4.01. The largest absolute Gasteiger partial charge is 0.376 e. The molecule has 2 N–H and O–H groups in total. The summed E-state index contributed by atoms with van der Waals surface area (Å²) in [5.41, 5.74) is 6.05. The predicted octanol–water partition coefficient (Wildman–Crippen LogP) is 1.14. The van der Waals surface area contributed by atoms with Crippen LogP contribution in [-0.2, 0) is 9.53 Å². The molecule has 4 nitrogen and oxygen atoms in total. The number of ether oxygens (including phenoxy) is 1. The number of carbonyl (C=O) groups excluding carboxylic acids is 1. The standard InChI is InChI=1S/C13H24N2O2/c1-15(9-10-5-4-8-17-10)13(16)11-6-2-3-7-12(11)14/h10-12H,2-9,14H2,1H3. The van der Waals surface area contributed by atoms with Crippen LogP contribution in [0.1, 0.15) is 38.5 Å². The van der Waals surface area contributed by atoms with Gasteiger partial charge in [-0.1, -0.05) is 12.8 Å². The molecule has 4 heteroatoms. The summed E-state index contributed by atoms with van der Waals surface area (Å²) in [6.45, 7) is 1.57. The van der Waals surface area contributed by atoms with Crippen molar-refractivity contribution in [2.75, 3.05) is 20.2 Å². The molecule has 0 bridgehead atoms. The molecule has 0 radical (unpaired) electrons. The van der Waals surface area contributed by atoms with Crippen molar-refractivity contribution in [1.82, 2.24) is 4.90 Å². The van der Waals surface area contributed by atoms with Crippen LogP contribution in [0.3, 0.4) is 0 Å². The second-order valence-corrected chi connectivity index (χ2v) is 5.41. The second-order valence-electron chi connectivity index (χ2n) is 5.41. The maximum absolute atomic E-state index is 12.3. The Hall–Kier alpha value is -0.610. The quantitative estimate of drug-likeness (QED) is 0.805. The van der Waals surface area contributed by atoms with Crippen molar-refractivity contribution in [3.63, 3.8) is 0 Å². The van der Waals surface area contributed by atoms with E-state index in [0.717, 1.165) is 45.3 Å². The van der Waals surface area contributed by atoms with Gasteiger partial charge in [-0.3, -0.25) is 4.79 Å². The van der Waals surface area contributed by atoms with Crippen LogP contribution in [0.2, 0.25) is 0 Å². The highest BCUT2D eigenvalue weighted by atomic mass is 16.5. The lowest BCUT2D eigenvalue weighted by atomic mass is 9.84. The Morgan fingerprint density at radius 1 is 1.29 bits per heavy atom. The Labute approximate surface area is 103 Å². The van der Waals surface area contributed by atoms with Crippen LogP contribution in [0.15, 0.2) is 0 Å². The third kappa shape index (κ3) is 3.19. The molecule has 2 fully saturated rings. The van der Waals surface area contributed by atoms with Gasteiger partial charge < -0.3 is 15.4 Å². The summed E-state index contributed by atoms with van der Waals surface area (Å²) in [7, 11) is 1.88. The number of nitrogens with two attached hydrogens (primary N) is 1. The average molecular weight is 240 g/mol. The highest BCUT2D eigenvalue weighted by Gasteiger charge is 2.31. The molecule has 2 rings (SSSR count). The molecule has 2 aliphatic rings. The molecular weight excluding hydrogens is 216 g/mol. The molecule has 17 heavy (non-hydrogen) atoms. The Balaban J connectivity index is 1.84. The molecule has 0 spiro atoms. The highest BCUT2D eigenvalue weighted by molar-refractivity contribution is 5.79. The number of hydrogen-bond acceptors (Lipinski definition) is 3. The maximum Gasteiger partial charge on any atom is 0.227 e. The minimum atomic E-state index is 0.0372. The Morgan fingerprint density at radius 3 is 2.71 bits per heavy atom. The molecule has 3 atom stereocenters. The lowest BCUT2D eigenvalue weighted by Gasteiger charge is -2.32. The van der Waals surface area contributed by atoms with Gasteiger partial charge in [-0.05, 0) is 25.7 Å². The van der Waals surface area contributed by atoms with Gasteiger partial charge in [0.25, 0.3) is 0 Å². The van der Waals surface area contributed by atoms with Crippen molar-refractivity contribution < 1.29 is 9.53 Å². The molecule has 0 aromatic carbocycles. The molecule has 0 aromatic rings. The summed E-state index contributed by atoms with van der Waals surface area (Å²) in [5, 5.41) is 0. The summed E-state index contributed by atoms with van der Waals surface area (Å²) < 4.78 is 5.56. The fraction of sp³-hybridized carbons (Fsp3) is 0.923. The zero-order valence-corrected chi connectivity index (χ0v) is 10.7. The topological polar surface area (TPSA) is 55.6 Å². The predicted molar refractivity (Wildman–Crippen MR) is 66.5 cm³/mol. The zero-order valence-electron chi connectivity index (χ0n) is 10.7. The molecule has 1 amide bonds. The normalized spacial score (nSPS) is 33.6. The molecule has 1 saturated carbocycles. The minimum Gasteiger partial charge on any atom is -0.376 e. The molecule has 3 unspecified atom stereocenters. The summed E-state index contributed by atoms with van der Waals surface area (Å²) in [6, 6.07) is 0.0585. The van der Waals surface area contributed by atoms with E-state index in [2.05, 4.69) is 0 Å². The minimum absolute atomic E-state index is 0.0372. The van der Waals surface area contributed by atoms with Gasteiger partial charge in [-0.15, -0.1) is 0 Å². The van der Waals surface area contributed by atoms with Crippen LogP contribution in [0.4, 0.5) is 0 Å². The van der Waals surface area contributed by atoms with Crippen LogP contribution in [0.25, 0.3) is 0 Å². The van der Waals surface area contributed by atoms with Crippen LogP contribution in [-0.4, -0.2) is 43.2 Å². The van der Waals surface area contributed by atoms with Crippen molar-refractivity contribution in [2.45, 2.75) is 50.7 Å². The van der Waals surface area contributed by atoms with Gasteiger partial charge in [0.15, 0.2) is 0 Å². The van der Waals surface area contributed by atoms with E-state index in [0.29, 0.717) is 0 Å². The number of amides is 1. The Morgan fingerprint density at radius 2 is 2.06 bits per heavy atom. The number of nitrogens with zero attached hydrogens (tertiary/aromatic N) is 1. The first kappa shape index (κ1) is 12.8. The van der Waals surface area contributed by atoms with Crippen LogP contribution in [0.5, 0.6) is 0 Å². The molecule has 1 heterocycles. The summed E-state index contributed by atoms with van der Waals surface area (Å²) in [6.07, 6.45) is 6.69. The Kier molecular flexibility index (Phi) is 4.40. The van der Waals surface area contributed by atoms with Crippen LogP contribution < -0.4 is 5.73 Å². The van der Waals surface area contributed by atoms with Crippen molar-refractivity contribution >= 4 is 5.91 Å². The van der Waals surface area contributed by atoms with Gasteiger partial charge in [-0.2, -0.15) is 0 Å². The molecular formula is C13H24N2O2. The lowest BCUT2D eigenvalue weighted by molar-refractivity contribution is -0.137. The smallest absolute Gasteiger partial charge is 0.227 e. The van der Waals surface area contributed by atoms with Gasteiger partial charge in [0.1, 0.15) is 0 Å². The van der Waals surface area contributed by atoms with Gasteiger partial charge >= 0.3 is 0 Å². The SMILES string of the molecule is CN(CC1CCCO1)C(=O)C1CCCCC1N. The van der Waals surface area contributed by atoms with Crippen LogP contribution in [0, 0.1) is 5.92 Å². The fourth-order valence-corrected chi connectivity index (χ4v) is 2.93. The first-order valence-corrected chi connectivity index (χ1v) is 6.80. The van der Waals surface area contributed by atoms with Crippen molar-refractivity contribution in [3.8, 4) is 0 Å². The van der Waals surface area contributed by atoms with Crippen molar-refractivity contribution in [3.05, 3.63) is 0 Å². The molecule has 1 saturated heterocycles. The van der Waals surface area contributed by atoms with E-state index < -0.39 is 0 Å². The molecule has 98 valence electrons. The van der Waals surface area contributed by atoms with E-state index in [1.54, 1.807) is 0 Å². The third-order valence-electron chi connectivity index (χ3n) is 4.01. The van der Waals surface area contributed by atoms with E-state index in [1.807, 2.05) is 11.9 Å². The monoisotopic (exact) mass is 240 g/mol. The second kappa shape index (κ2) is 5.83. The number of carbonyl (C=O) groups is 1. The van der Waals surface area contributed by atoms with E-state index in [1.165, 1.54) is 6.42 Å². The van der Waals surface area contributed by atoms with E-state index in [4.69, 9.17) is 10.5 Å². The first-order chi connectivity index (χ1) is 8.18. The Bertz CT molecular complexity index is 264. The summed E-state index contributed by atoms with van der Waals surface area (Å²) >= 11 is 0. The van der Waals surface area contributed by atoms with Gasteiger partial charge in [0.2, 0.25) is 5.91 Å². The van der Waals surface area contributed by atoms with Gasteiger partial charge in [-0.25, -0.2) is 0 Å². The number of rotatable bonds is 3. The van der Waals surface area contributed by atoms with E-state index in [-0.39, 0.29) is 24.0 Å². The fourth-order valence-electron chi connectivity index (χ4n) is 2.93. The zero-order chi connectivity index (χ0) is 12.3. The summed E-state index contributed by atoms with van der Waals surface area (Å²) in [5.74, 6) is 0.253. The van der Waals surface area contributed by atoms with E-state index >= 15 is 0 Å². The molecule has 1 aliphatic heterocycles. The van der Waals surface area contributed by atoms with Crippen molar-refractivity contribution in [1.29, 1.82) is 0 Å². The van der Waals surface area contributed by atoms with Gasteiger partial charge in [0, 0.05) is 26.2 Å². The number of likely N-dealkylation sites (N-methyl/N-ethyl adjacent to an activating group) is 1. The molecule has 0 aromatic heterocycles. The maximum atomic E-state index is 12.3. The van der Waals surface area contributed by atoms with Gasteiger partial charge in [0.05, 0.1) is 12.0 Å². The number of hydrogen-bond donors (Lipinski definition) is 1. The average Bonchev–Trinajstić information content (AvgIpc) is 2.81.